The number of aryl methyl sites for hydroxylation is 2. The molecule has 1 heterocycles. The molecule has 5 heteroatoms. The van der Waals surface area contributed by atoms with Gasteiger partial charge in [-0.05, 0) is 44.7 Å². The summed E-state index contributed by atoms with van der Waals surface area (Å²) in [5.74, 6) is 1.24. The molecule has 0 fully saturated rings. The summed E-state index contributed by atoms with van der Waals surface area (Å²) in [5.41, 5.74) is 3.59. The van der Waals surface area contributed by atoms with Crippen molar-refractivity contribution in [3.63, 3.8) is 0 Å². The number of hydrogen-bond acceptors (Lipinski definition) is 5. The Balaban J connectivity index is 2.30. The topological polar surface area (TPSA) is 62.7 Å². The molecule has 0 aliphatic carbocycles. The van der Waals surface area contributed by atoms with E-state index in [2.05, 4.69) is 78.6 Å². The van der Waals surface area contributed by atoms with Crippen molar-refractivity contribution in [1.29, 1.82) is 0 Å². The molecule has 0 aliphatic heterocycles. The summed E-state index contributed by atoms with van der Waals surface area (Å²) in [7, 11) is 0. The van der Waals surface area contributed by atoms with Crippen LogP contribution >= 0.6 is 0 Å². The summed E-state index contributed by atoms with van der Waals surface area (Å²) < 4.78 is 0. The van der Waals surface area contributed by atoms with E-state index in [4.69, 9.17) is 0 Å². The lowest BCUT2D eigenvalue weighted by Crippen LogP contribution is -2.27. The second-order valence-electron chi connectivity index (χ2n) is 6.32. The Morgan fingerprint density at radius 2 is 1.68 bits per heavy atom. The molecular formula is C17H25N5. The Morgan fingerprint density at radius 3 is 2.23 bits per heavy atom. The first-order chi connectivity index (χ1) is 10.4. The van der Waals surface area contributed by atoms with Crippen LogP contribution in [0.2, 0.25) is 0 Å². The summed E-state index contributed by atoms with van der Waals surface area (Å²) in [6.07, 6.45) is 3.60. The number of para-hydroxylation sites is 1. The van der Waals surface area contributed by atoms with E-state index < -0.39 is 0 Å². The van der Waals surface area contributed by atoms with E-state index in [1.807, 2.05) is 0 Å². The van der Waals surface area contributed by atoms with Crippen LogP contribution in [0.25, 0.3) is 0 Å². The lowest BCUT2D eigenvalue weighted by atomic mass is 10.0. The van der Waals surface area contributed by atoms with Crippen molar-refractivity contribution in [2.24, 2.45) is 0 Å². The highest BCUT2D eigenvalue weighted by Crippen LogP contribution is 2.25. The van der Waals surface area contributed by atoms with Gasteiger partial charge in [0.15, 0.2) is 5.82 Å². The zero-order chi connectivity index (χ0) is 16.2. The van der Waals surface area contributed by atoms with E-state index in [-0.39, 0.29) is 5.54 Å². The number of rotatable bonds is 5. The summed E-state index contributed by atoms with van der Waals surface area (Å²) in [5, 5.41) is 14.7. The van der Waals surface area contributed by atoms with Gasteiger partial charge in [-0.2, -0.15) is 10.1 Å². The fraction of sp³-hybridized carbons (Fsp3) is 0.471. The minimum atomic E-state index is -0.101. The van der Waals surface area contributed by atoms with Gasteiger partial charge in [0.1, 0.15) is 0 Å². The van der Waals surface area contributed by atoms with Gasteiger partial charge in [-0.15, -0.1) is 5.10 Å². The van der Waals surface area contributed by atoms with Gasteiger partial charge < -0.3 is 10.6 Å². The third kappa shape index (κ3) is 4.16. The Labute approximate surface area is 132 Å². The zero-order valence-electron chi connectivity index (χ0n) is 14.1. The number of hydrogen-bond donors (Lipinski definition) is 2. The molecule has 0 saturated heterocycles. The second-order valence-corrected chi connectivity index (χ2v) is 6.32. The first-order valence-corrected chi connectivity index (χ1v) is 7.78. The van der Waals surface area contributed by atoms with Crippen molar-refractivity contribution < 1.29 is 0 Å². The number of aromatic nitrogens is 3. The van der Waals surface area contributed by atoms with E-state index in [1.165, 1.54) is 11.1 Å². The number of anilines is 3. The predicted molar refractivity (Wildman–Crippen MR) is 91.7 cm³/mol. The molecule has 0 bridgehead atoms. The predicted octanol–water partition coefficient (Wildman–Crippen LogP) is 3.95. The highest BCUT2D eigenvalue weighted by molar-refractivity contribution is 5.65. The molecule has 0 aliphatic rings. The quantitative estimate of drug-likeness (QED) is 0.875. The van der Waals surface area contributed by atoms with Crippen LogP contribution in [-0.2, 0) is 12.8 Å². The van der Waals surface area contributed by atoms with E-state index >= 15 is 0 Å². The van der Waals surface area contributed by atoms with Gasteiger partial charge in [0, 0.05) is 11.2 Å². The van der Waals surface area contributed by atoms with Crippen molar-refractivity contribution in [2.45, 2.75) is 53.0 Å². The number of nitrogens with one attached hydrogen (secondary N) is 2. The van der Waals surface area contributed by atoms with Crippen molar-refractivity contribution in [3.8, 4) is 0 Å². The van der Waals surface area contributed by atoms with Crippen LogP contribution in [0.1, 0.15) is 45.7 Å². The summed E-state index contributed by atoms with van der Waals surface area (Å²) >= 11 is 0. The highest BCUT2D eigenvalue weighted by atomic mass is 15.3. The Morgan fingerprint density at radius 1 is 1.05 bits per heavy atom. The largest absolute Gasteiger partial charge is 0.348 e. The molecule has 118 valence electrons. The van der Waals surface area contributed by atoms with Crippen LogP contribution in [0.5, 0.6) is 0 Å². The lowest BCUT2D eigenvalue weighted by Gasteiger charge is -2.20. The summed E-state index contributed by atoms with van der Waals surface area (Å²) in [6.45, 7) is 10.5. The maximum Gasteiger partial charge on any atom is 0.245 e. The molecule has 0 spiro atoms. The van der Waals surface area contributed by atoms with Gasteiger partial charge in [0.05, 0.1) is 6.20 Å². The average molecular weight is 299 g/mol. The summed E-state index contributed by atoms with van der Waals surface area (Å²) in [6, 6.07) is 6.39. The molecule has 5 nitrogen and oxygen atoms in total. The van der Waals surface area contributed by atoms with Crippen molar-refractivity contribution in [2.75, 3.05) is 10.6 Å². The molecule has 2 rings (SSSR count). The van der Waals surface area contributed by atoms with Gasteiger partial charge in [-0.3, -0.25) is 0 Å². The molecule has 2 aromatic rings. The van der Waals surface area contributed by atoms with Crippen LogP contribution < -0.4 is 10.6 Å². The smallest absolute Gasteiger partial charge is 0.245 e. The number of benzene rings is 1. The van der Waals surface area contributed by atoms with Crippen LogP contribution in [0.3, 0.4) is 0 Å². The second kappa shape index (κ2) is 6.73. The first kappa shape index (κ1) is 16.2. The molecule has 0 radical (unpaired) electrons. The van der Waals surface area contributed by atoms with E-state index in [9.17, 15) is 0 Å². The third-order valence-corrected chi connectivity index (χ3v) is 3.30. The van der Waals surface area contributed by atoms with Gasteiger partial charge in [0.25, 0.3) is 0 Å². The molecule has 1 aromatic carbocycles. The molecule has 2 N–H and O–H groups in total. The molecule has 0 unspecified atom stereocenters. The van der Waals surface area contributed by atoms with Crippen LogP contribution in [0.4, 0.5) is 17.5 Å². The van der Waals surface area contributed by atoms with E-state index in [0.717, 1.165) is 18.5 Å². The molecule has 22 heavy (non-hydrogen) atoms. The highest BCUT2D eigenvalue weighted by Gasteiger charge is 2.13. The molecule has 0 amide bonds. The van der Waals surface area contributed by atoms with Gasteiger partial charge in [0.2, 0.25) is 5.95 Å². The molecule has 0 atom stereocenters. The fourth-order valence-electron chi connectivity index (χ4n) is 2.28. The fourth-order valence-corrected chi connectivity index (χ4v) is 2.28. The first-order valence-electron chi connectivity index (χ1n) is 7.78. The van der Waals surface area contributed by atoms with Gasteiger partial charge in [-0.25, -0.2) is 0 Å². The SMILES string of the molecule is CCc1cccc(CC)c1Nc1cnnc(NC(C)(C)C)n1. The van der Waals surface area contributed by atoms with Crippen molar-refractivity contribution in [1.82, 2.24) is 15.2 Å². The third-order valence-electron chi connectivity index (χ3n) is 3.30. The Bertz CT molecular complexity index is 609. The van der Waals surface area contributed by atoms with Gasteiger partial charge >= 0.3 is 0 Å². The van der Waals surface area contributed by atoms with Crippen LogP contribution in [0, 0.1) is 0 Å². The van der Waals surface area contributed by atoms with Crippen molar-refractivity contribution in [3.05, 3.63) is 35.5 Å². The van der Waals surface area contributed by atoms with Crippen LogP contribution in [-0.4, -0.2) is 20.7 Å². The van der Waals surface area contributed by atoms with Crippen LogP contribution in [0.15, 0.2) is 24.4 Å². The monoisotopic (exact) mass is 299 g/mol. The molecule has 1 aromatic heterocycles. The standard InChI is InChI=1S/C17H25N5/c1-6-12-9-8-10-13(7-2)15(12)19-14-11-18-22-16(20-14)21-17(3,4)5/h8-11H,6-7H2,1-5H3,(H2,19,20,21,22). The average Bonchev–Trinajstić information content (AvgIpc) is 2.46. The summed E-state index contributed by atoms with van der Waals surface area (Å²) in [4.78, 5) is 4.51. The molecular weight excluding hydrogens is 274 g/mol. The maximum absolute atomic E-state index is 4.51. The normalized spacial score (nSPS) is 11.3. The maximum atomic E-state index is 4.51. The van der Waals surface area contributed by atoms with E-state index in [0.29, 0.717) is 11.8 Å². The minimum Gasteiger partial charge on any atom is -0.348 e. The van der Waals surface area contributed by atoms with Crippen molar-refractivity contribution >= 4 is 17.5 Å². The van der Waals surface area contributed by atoms with E-state index in [1.54, 1.807) is 6.20 Å². The zero-order valence-corrected chi connectivity index (χ0v) is 14.1. The molecule has 0 saturated carbocycles. The Hall–Kier alpha value is -2.17. The number of nitrogens with zero attached hydrogens (tertiary/aromatic N) is 3. The Kier molecular flexibility index (Phi) is 4.96. The van der Waals surface area contributed by atoms with Gasteiger partial charge in [-0.1, -0.05) is 32.0 Å². The minimum absolute atomic E-state index is 0.101. The lowest BCUT2D eigenvalue weighted by molar-refractivity contribution is 0.623.